The third kappa shape index (κ3) is 29.5. The van der Waals surface area contributed by atoms with E-state index in [0.29, 0.717) is 0 Å². The Kier molecular flexibility index (Phi) is 31.1. The van der Waals surface area contributed by atoms with Gasteiger partial charge < -0.3 is 5.21 Å². The van der Waals surface area contributed by atoms with Crippen LogP contribution in [0.3, 0.4) is 0 Å². The smallest absolute Gasteiger partial charge is 0.0238 e. The average Bonchev–Trinajstić information content (AvgIpc) is 3.05. The molecule has 1 atom stereocenters. The van der Waals surface area contributed by atoms with Crippen LogP contribution in [-0.4, -0.2) is 23.4 Å². The van der Waals surface area contributed by atoms with Gasteiger partial charge in [-0.15, -0.1) is 0 Å². The van der Waals surface area contributed by atoms with Crippen LogP contribution in [0.15, 0.2) is 24.3 Å². The van der Waals surface area contributed by atoms with Gasteiger partial charge >= 0.3 is 0 Å². The molecule has 0 saturated heterocycles. The Labute approximate surface area is 291 Å². The van der Waals surface area contributed by atoms with Gasteiger partial charge in [0.2, 0.25) is 0 Å². The highest BCUT2D eigenvalue weighted by molar-refractivity contribution is 4.96. The van der Waals surface area contributed by atoms with Crippen molar-refractivity contribution in [1.29, 1.82) is 0 Å². The lowest BCUT2D eigenvalue weighted by Crippen LogP contribution is -2.21. The second kappa shape index (κ2) is 32.9. The number of hydrogen-bond acceptors (Lipinski definition) is 2. The number of unbranched alkanes of at least 4 members (excludes halogenated alkanes) is 11. The Morgan fingerprint density at radius 3 is 1.50 bits per heavy atom. The maximum atomic E-state index is 10.3. The quantitative estimate of drug-likeness (QED) is 0.0576. The molecule has 0 spiro atoms. The normalized spacial score (nSPS) is 17.0. The first-order valence-corrected chi connectivity index (χ1v) is 21.3. The summed E-state index contributed by atoms with van der Waals surface area (Å²) in [6, 6.07) is 0. The van der Waals surface area contributed by atoms with E-state index in [1.165, 1.54) is 217 Å². The highest BCUT2D eigenvalue weighted by atomic mass is 16.5. The number of nitrogens with zero attached hydrogens (tertiary/aromatic N) is 1. The third-order valence-electron chi connectivity index (χ3n) is 11.0. The minimum absolute atomic E-state index is 0.837. The van der Waals surface area contributed by atoms with Crippen molar-refractivity contribution in [2.24, 2.45) is 11.8 Å². The molecule has 2 nitrogen and oxygen atoms in total. The molecule has 46 heavy (non-hydrogen) atoms. The summed E-state index contributed by atoms with van der Waals surface area (Å²) in [6.45, 7) is 15.3. The van der Waals surface area contributed by atoms with E-state index in [4.69, 9.17) is 0 Å². The van der Waals surface area contributed by atoms with Crippen LogP contribution in [0.4, 0.5) is 0 Å². The Bertz CT molecular complexity index is 655. The molecule has 0 bridgehead atoms. The van der Waals surface area contributed by atoms with Gasteiger partial charge in [0.05, 0.1) is 0 Å². The largest absolute Gasteiger partial charge is 0.314 e. The van der Waals surface area contributed by atoms with Crippen LogP contribution in [0.25, 0.3) is 0 Å². The van der Waals surface area contributed by atoms with Gasteiger partial charge in [-0.2, -0.15) is 5.06 Å². The topological polar surface area (TPSA) is 23.5 Å². The molecule has 0 heterocycles. The first-order chi connectivity index (χ1) is 22.5. The summed E-state index contributed by atoms with van der Waals surface area (Å²) < 4.78 is 0. The molecule has 0 aromatic rings. The molecule has 1 fully saturated rings. The van der Waals surface area contributed by atoms with Crippen molar-refractivity contribution in [1.82, 2.24) is 5.06 Å². The van der Waals surface area contributed by atoms with Crippen LogP contribution >= 0.6 is 0 Å². The molecule has 1 aliphatic rings. The maximum absolute atomic E-state index is 10.3. The maximum Gasteiger partial charge on any atom is 0.0238 e. The third-order valence-corrected chi connectivity index (χ3v) is 11.0. The molecule has 1 N–H and O–H groups in total. The molecular weight excluding hydrogens is 558 g/mol. The SMILES string of the molecule is C=C(CCCCCCCN(O)CCCCCCCC(=C)CC1CCCCCCCCCCCCCC1)CCC(C)CCCCCC. The Morgan fingerprint density at radius 1 is 0.543 bits per heavy atom. The van der Waals surface area contributed by atoms with Crippen LogP contribution in [0.1, 0.15) is 232 Å². The van der Waals surface area contributed by atoms with Crippen LogP contribution in [0.5, 0.6) is 0 Å². The molecular formula is C44H85NO. The van der Waals surface area contributed by atoms with Gasteiger partial charge in [-0.3, -0.25) is 0 Å². The van der Waals surface area contributed by atoms with E-state index < -0.39 is 0 Å². The molecule has 0 amide bonds. The van der Waals surface area contributed by atoms with Gasteiger partial charge in [-0.1, -0.05) is 199 Å². The van der Waals surface area contributed by atoms with Crippen molar-refractivity contribution < 1.29 is 5.21 Å². The molecule has 0 aromatic heterocycles. The molecule has 0 aliphatic heterocycles. The van der Waals surface area contributed by atoms with Crippen molar-refractivity contribution in [3.63, 3.8) is 0 Å². The van der Waals surface area contributed by atoms with E-state index in [2.05, 4.69) is 27.0 Å². The van der Waals surface area contributed by atoms with E-state index in [-0.39, 0.29) is 0 Å². The minimum atomic E-state index is 0.837. The first kappa shape index (κ1) is 43.4. The molecule has 1 saturated carbocycles. The fourth-order valence-electron chi connectivity index (χ4n) is 7.64. The van der Waals surface area contributed by atoms with Crippen LogP contribution in [0.2, 0.25) is 0 Å². The fourth-order valence-corrected chi connectivity index (χ4v) is 7.64. The van der Waals surface area contributed by atoms with E-state index in [1.807, 2.05) is 0 Å². The second-order valence-corrected chi connectivity index (χ2v) is 15.9. The average molecular weight is 644 g/mol. The summed E-state index contributed by atoms with van der Waals surface area (Å²) in [4.78, 5) is 0. The van der Waals surface area contributed by atoms with E-state index in [1.54, 1.807) is 5.06 Å². The zero-order valence-electron chi connectivity index (χ0n) is 31.9. The standard InChI is InChI=1S/C44H85NO/c1-5-6-7-24-31-41(2)36-37-42(3)32-25-18-16-22-29-38-45(46)39-30-23-17-19-26-33-43(4)40-44-34-27-20-14-12-10-8-9-11-13-15-21-28-35-44/h41,44,46H,3-40H2,1-2H3. The van der Waals surface area contributed by atoms with Gasteiger partial charge in [0.15, 0.2) is 0 Å². The number of rotatable bonds is 26. The van der Waals surface area contributed by atoms with Crippen molar-refractivity contribution in [3.8, 4) is 0 Å². The molecule has 1 aliphatic carbocycles. The van der Waals surface area contributed by atoms with E-state index in [0.717, 1.165) is 37.8 Å². The Balaban J connectivity index is 1.96. The monoisotopic (exact) mass is 644 g/mol. The van der Waals surface area contributed by atoms with Gasteiger partial charge in [-0.05, 0) is 69.6 Å². The van der Waals surface area contributed by atoms with Crippen molar-refractivity contribution in [2.75, 3.05) is 13.1 Å². The molecule has 1 unspecified atom stereocenters. The van der Waals surface area contributed by atoms with Crippen molar-refractivity contribution in [2.45, 2.75) is 232 Å². The summed E-state index contributed by atoms with van der Waals surface area (Å²) in [5, 5.41) is 11.9. The fraction of sp³-hybridized carbons (Fsp3) is 0.909. The van der Waals surface area contributed by atoms with E-state index >= 15 is 0 Å². The second-order valence-electron chi connectivity index (χ2n) is 15.9. The van der Waals surface area contributed by atoms with Crippen molar-refractivity contribution >= 4 is 0 Å². The molecule has 0 radical (unpaired) electrons. The summed E-state index contributed by atoms with van der Waals surface area (Å²) >= 11 is 0. The molecule has 1 rings (SSSR count). The summed E-state index contributed by atoms with van der Waals surface area (Å²) in [7, 11) is 0. The molecule has 2 heteroatoms. The highest BCUT2D eigenvalue weighted by Gasteiger charge is 2.11. The van der Waals surface area contributed by atoms with Gasteiger partial charge in [-0.25, -0.2) is 0 Å². The Hall–Kier alpha value is -0.600. The lowest BCUT2D eigenvalue weighted by Gasteiger charge is -2.18. The van der Waals surface area contributed by atoms with Gasteiger partial charge in [0, 0.05) is 13.1 Å². The van der Waals surface area contributed by atoms with Gasteiger partial charge in [0.1, 0.15) is 0 Å². The van der Waals surface area contributed by atoms with Crippen LogP contribution < -0.4 is 0 Å². The summed E-state index contributed by atoms with van der Waals surface area (Å²) in [5.74, 6) is 1.75. The van der Waals surface area contributed by atoms with Crippen LogP contribution in [0, 0.1) is 11.8 Å². The minimum Gasteiger partial charge on any atom is -0.314 e. The lowest BCUT2D eigenvalue weighted by molar-refractivity contribution is -0.0925. The zero-order chi connectivity index (χ0) is 33.3. The Morgan fingerprint density at radius 2 is 0.978 bits per heavy atom. The number of allylic oxidation sites excluding steroid dienone is 2. The van der Waals surface area contributed by atoms with E-state index in [9.17, 15) is 5.21 Å². The lowest BCUT2D eigenvalue weighted by atomic mass is 9.87. The van der Waals surface area contributed by atoms with Crippen molar-refractivity contribution in [3.05, 3.63) is 24.3 Å². The summed E-state index contributed by atoms with van der Waals surface area (Å²) in [6.07, 6.45) is 46.1. The first-order valence-electron chi connectivity index (χ1n) is 21.3. The predicted octanol–water partition coefficient (Wildman–Crippen LogP) is 15.3. The summed E-state index contributed by atoms with van der Waals surface area (Å²) in [5.41, 5.74) is 2.99. The number of hydrogen-bond donors (Lipinski definition) is 1. The predicted molar refractivity (Wildman–Crippen MR) is 207 cm³/mol. The highest BCUT2D eigenvalue weighted by Crippen LogP contribution is 2.27. The molecule has 0 aromatic carbocycles. The molecule has 272 valence electrons. The van der Waals surface area contributed by atoms with Crippen LogP contribution in [-0.2, 0) is 0 Å². The number of hydroxylamine groups is 2. The zero-order valence-corrected chi connectivity index (χ0v) is 31.9. The van der Waals surface area contributed by atoms with Gasteiger partial charge in [0.25, 0.3) is 0 Å².